The van der Waals surface area contributed by atoms with Gasteiger partial charge in [0, 0.05) is 12.1 Å². The highest BCUT2D eigenvalue weighted by atomic mass is 16.7. The molecule has 140 valence electrons. The standard InChI is InChI=1S/C16H18N2O8/c1-16(2,13-11(7-12(19)20)17-14(13)21)26-15(22)25-8-9-3-5-10(6-4-9)18(23)24/h3-6,11,13H,7-8H2,1-2H3,(H,17,21)(H,19,20)/t11-,13-/m1/s1. The predicted molar refractivity (Wildman–Crippen MR) is 86.1 cm³/mol. The first-order valence-electron chi connectivity index (χ1n) is 7.71. The number of carboxylic acid groups (broad SMARTS) is 1. The van der Waals surface area contributed by atoms with Crippen molar-refractivity contribution in [2.24, 2.45) is 5.92 Å². The van der Waals surface area contributed by atoms with Crippen LogP contribution in [-0.4, -0.2) is 39.7 Å². The Hall–Kier alpha value is -3.17. The molecule has 1 aromatic carbocycles. The number of β-lactam (4-membered cyclic amide) rings is 1. The average molecular weight is 366 g/mol. The summed E-state index contributed by atoms with van der Waals surface area (Å²) in [5.74, 6) is -2.27. The van der Waals surface area contributed by atoms with Crippen LogP contribution in [0, 0.1) is 16.0 Å². The Bertz CT molecular complexity index is 728. The van der Waals surface area contributed by atoms with Gasteiger partial charge in [-0.2, -0.15) is 0 Å². The van der Waals surface area contributed by atoms with Gasteiger partial charge in [-0.3, -0.25) is 19.7 Å². The number of non-ortho nitro benzene ring substituents is 1. The highest BCUT2D eigenvalue weighted by Crippen LogP contribution is 2.32. The maximum atomic E-state index is 11.9. The molecule has 0 radical (unpaired) electrons. The van der Waals surface area contributed by atoms with Crippen LogP contribution >= 0.6 is 0 Å². The minimum Gasteiger partial charge on any atom is -0.481 e. The van der Waals surface area contributed by atoms with Crippen LogP contribution < -0.4 is 5.32 Å². The zero-order valence-electron chi connectivity index (χ0n) is 14.1. The number of carbonyl (C=O) groups is 3. The number of rotatable bonds is 7. The number of benzene rings is 1. The summed E-state index contributed by atoms with van der Waals surface area (Å²) in [6.45, 7) is 2.83. The lowest BCUT2D eigenvalue weighted by Crippen LogP contribution is -2.66. The molecule has 1 aliphatic heterocycles. The first kappa shape index (κ1) is 19.2. The summed E-state index contributed by atoms with van der Waals surface area (Å²) in [5.41, 5.74) is -0.817. The highest BCUT2D eigenvalue weighted by molar-refractivity contribution is 5.89. The SMILES string of the molecule is CC(C)(OC(=O)OCc1ccc([N+](=O)[O-])cc1)[C@H]1C(=O)N[C@@H]1CC(=O)O. The van der Waals surface area contributed by atoms with Gasteiger partial charge in [0.2, 0.25) is 5.91 Å². The Labute approximate surface area is 148 Å². The molecule has 0 spiro atoms. The molecule has 1 fully saturated rings. The summed E-state index contributed by atoms with van der Waals surface area (Å²) in [6.07, 6.45) is -1.30. The van der Waals surface area contributed by atoms with Crippen molar-refractivity contribution in [3.8, 4) is 0 Å². The van der Waals surface area contributed by atoms with Crippen LogP contribution in [0.1, 0.15) is 25.8 Å². The van der Waals surface area contributed by atoms with Crippen LogP contribution in [-0.2, 0) is 25.7 Å². The molecule has 2 rings (SSSR count). The molecule has 1 amide bonds. The van der Waals surface area contributed by atoms with E-state index >= 15 is 0 Å². The van der Waals surface area contributed by atoms with Crippen molar-refractivity contribution in [2.45, 2.75) is 38.5 Å². The molecule has 0 aromatic heterocycles. The van der Waals surface area contributed by atoms with Gasteiger partial charge >= 0.3 is 12.1 Å². The molecule has 26 heavy (non-hydrogen) atoms. The number of carboxylic acids is 1. The number of nitrogens with one attached hydrogen (secondary N) is 1. The van der Waals surface area contributed by atoms with Crippen LogP contribution in [0.5, 0.6) is 0 Å². The number of ether oxygens (including phenoxy) is 2. The first-order chi connectivity index (χ1) is 12.1. The van der Waals surface area contributed by atoms with Crippen molar-refractivity contribution < 1.29 is 33.9 Å². The molecule has 1 aliphatic rings. The van der Waals surface area contributed by atoms with E-state index in [4.69, 9.17) is 14.6 Å². The average Bonchev–Trinajstić information content (AvgIpc) is 2.51. The van der Waals surface area contributed by atoms with Gasteiger partial charge in [-0.25, -0.2) is 4.79 Å². The van der Waals surface area contributed by atoms with Crippen LogP contribution in [0.4, 0.5) is 10.5 Å². The van der Waals surface area contributed by atoms with Gasteiger partial charge in [0.05, 0.1) is 23.3 Å². The van der Waals surface area contributed by atoms with E-state index in [-0.39, 0.29) is 18.7 Å². The second-order valence-electron chi connectivity index (χ2n) is 6.36. The second-order valence-corrected chi connectivity index (χ2v) is 6.36. The summed E-state index contributed by atoms with van der Waals surface area (Å²) in [4.78, 5) is 44.5. The largest absolute Gasteiger partial charge is 0.509 e. The van der Waals surface area contributed by atoms with Gasteiger partial charge in [0.1, 0.15) is 12.2 Å². The molecule has 0 unspecified atom stereocenters. The van der Waals surface area contributed by atoms with E-state index < -0.39 is 40.5 Å². The Kier molecular flexibility index (Phi) is 5.44. The van der Waals surface area contributed by atoms with Gasteiger partial charge in [0.25, 0.3) is 5.69 Å². The summed E-state index contributed by atoms with van der Waals surface area (Å²) in [5, 5.41) is 21.9. The zero-order chi connectivity index (χ0) is 19.5. The fourth-order valence-electron chi connectivity index (χ4n) is 2.76. The number of aliphatic carboxylic acids is 1. The summed E-state index contributed by atoms with van der Waals surface area (Å²) in [7, 11) is 0. The molecule has 1 saturated heterocycles. The van der Waals surface area contributed by atoms with Crippen molar-refractivity contribution in [2.75, 3.05) is 0 Å². The maximum Gasteiger partial charge on any atom is 0.509 e. The minimum absolute atomic E-state index is 0.0853. The molecule has 10 heteroatoms. The minimum atomic E-state index is -1.25. The first-order valence-corrected chi connectivity index (χ1v) is 7.71. The number of carbonyl (C=O) groups excluding carboxylic acids is 2. The van der Waals surface area contributed by atoms with E-state index in [1.165, 1.54) is 38.1 Å². The molecular weight excluding hydrogens is 348 g/mol. The third kappa shape index (κ3) is 4.47. The molecule has 0 saturated carbocycles. The number of hydrogen-bond acceptors (Lipinski definition) is 7. The van der Waals surface area contributed by atoms with Crippen molar-refractivity contribution in [3.63, 3.8) is 0 Å². The third-order valence-corrected chi connectivity index (χ3v) is 4.01. The molecule has 10 nitrogen and oxygen atoms in total. The van der Waals surface area contributed by atoms with Crippen LogP contribution in [0.3, 0.4) is 0 Å². The van der Waals surface area contributed by atoms with E-state index in [9.17, 15) is 24.5 Å². The molecular formula is C16H18N2O8. The van der Waals surface area contributed by atoms with Crippen molar-refractivity contribution in [1.29, 1.82) is 0 Å². The summed E-state index contributed by atoms with van der Waals surface area (Å²) < 4.78 is 10.1. The lowest BCUT2D eigenvalue weighted by molar-refractivity contribution is -0.384. The second kappa shape index (κ2) is 7.38. The van der Waals surface area contributed by atoms with E-state index in [1.54, 1.807) is 0 Å². The van der Waals surface area contributed by atoms with Gasteiger partial charge in [-0.05, 0) is 31.5 Å². The van der Waals surface area contributed by atoms with Crippen LogP contribution in [0.15, 0.2) is 24.3 Å². The Morgan fingerprint density at radius 1 is 1.31 bits per heavy atom. The number of nitrogens with zero attached hydrogens (tertiary/aromatic N) is 1. The fourth-order valence-corrected chi connectivity index (χ4v) is 2.76. The smallest absolute Gasteiger partial charge is 0.481 e. The van der Waals surface area contributed by atoms with Crippen LogP contribution in [0.2, 0.25) is 0 Å². The van der Waals surface area contributed by atoms with Gasteiger partial charge < -0.3 is 19.9 Å². The molecule has 2 N–H and O–H groups in total. The fraction of sp³-hybridized carbons (Fsp3) is 0.438. The Balaban J connectivity index is 1.90. The zero-order valence-corrected chi connectivity index (χ0v) is 14.1. The lowest BCUT2D eigenvalue weighted by atomic mass is 9.76. The normalized spacial score (nSPS) is 19.1. The summed E-state index contributed by atoms with van der Waals surface area (Å²) in [6, 6.07) is 4.82. The number of amides is 1. The Morgan fingerprint density at radius 2 is 1.92 bits per heavy atom. The number of nitro groups is 1. The maximum absolute atomic E-state index is 11.9. The van der Waals surface area contributed by atoms with Gasteiger partial charge in [-0.15, -0.1) is 0 Å². The topological polar surface area (TPSA) is 145 Å². The molecule has 1 heterocycles. The predicted octanol–water partition coefficient (Wildman–Crippen LogP) is 1.62. The van der Waals surface area contributed by atoms with Crippen molar-refractivity contribution in [1.82, 2.24) is 5.32 Å². The summed E-state index contributed by atoms with van der Waals surface area (Å²) >= 11 is 0. The number of nitro benzene ring substituents is 1. The monoisotopic (exact) mass is 366 g/mol. The van der Waals surface area contributed by atoms with Crippen LogP contribution in [0.25, 0.3) is 0 Å². The van der Waals surface area contributed by atoms with E-state index in [1.807, 2.05) is 0 Å². The Morgan fingerprint density at radius 3 is 2.42 bits per heavy atom. The van der Waals surface area contributed by atoms with Gasteiger partial charge in [-0.1, -0.05) is 0 Å². The number of hydrogen-bond donors (Lipinski definition) is 2. The third-order valence-electron chi connectivity index (χ3n) is 4.01. The van der Waals surface area contributed by atoms with E-state index in [0.29, 0.717) is 5.56 Å². The molecule has 0 aliphatic carbocycles. The van der Waals surface area contributed by atoms with E-state index in [0.717, 1.165) is 0 Å². The van der Waals surface area contributed by atoms with E-state index in [2.05, 4.69) is 5.32 Å². The van der Waals surface area contributed by atoms with Gasteiger partial charge in [0.15, 0.2) is 0 Å². The van der Waals surface area contributed by atoms with Crippen molar-refractivity contribution >= 4 is 23.7 Å². The highest BCUT2D eigenvalue weighted by Gasteiger charge is 2.52. The quantitative estimate of drug-likeness (QED) is 0.320. The van der Waals surface area contributed by atoms with Crippen molar-refractivity contribution in [3.05, 3.63) is 39.9 Å². The molecule has 0 bridgehead atoms. The molecule has 2 atom stereocenters. The lowest BCUT2D eigenvalue weighted by Gasteiger charge is -2.44. The molecule has 1 aromatic rings.